The standard InChI is InChI=1S/C21H16O2S4/c1-10-18(20-16(24-10)6-12(8-22)26-20)14-4-3-5-15(14)19-11(2)25-17-7-13(9-23)27-21(17)19/h6-9H,3-5H2,1-2H3. The Morgan fingerprint density at radius 2 is 1.19 bits per heavy atom. The van der Waals surface area contributed by atoms with Crippen molar-refractivity contribution in [2.24, 2.45) is 0 Å². The third-order valence-corrected chi connectivity index (χ3v) is 9.69. The summed E-state index contributed by atoms with van der Waals surface area (Å²) < 4.78 is 4.97. The van der Waals surface area contributed by atoms with Crippen molar-refractivity contribution in [3.05, 3.63) is 42.8 Å². The van der Waals surface area contributed by atoms with E-state index in [0.29, 0.717) is 0 Å². The number of aldehydes is 2. The highest BCUT2D eigenvalue weighted by Crippen LogP contribution is 2.51. The molecule has 0 amide bonds. The molecule has 5 rings (SSSR count). The molecule has 4 heterocycles. The Hall–Kier alpha value is -1.60. The Morgan fingerprint density at radius 1 is 0.741 bits per heavy atom. The Morgan fingerprint density at radius 3 is 1.59 bits per heavy atom. The Balaban J connectivity index is 1.78. The summed E-state index contributed by atoms with van der Waals surface area (Å²) in [6, 6.07) is 4.04. The molecule has 1 aliphatic rings. The van der Waals surface area contributed by atoms with Crippen LogP contribution in [-0.4, -0.2) is 12.6 Å². The maximum Gasteiger partial charge on any atom is 0.160 e. The van der Waals surface area contributed by atoms with Gasteiger partial charge in [0.15, 0.2) is 12.6 Å². The molecule has 0 bridgehead atoms. The maximum absolute atomic E-state index is 11.2. The van der Waals surface area contributed by atoms with Gasteiger partial charge in [0, 0.05) is 30.3 Å². The normalized spacial score (nSPS) is 14.7. The van der Waals surface area contributed by atoms with Gasteiger partial charge in [-0.05, 0) is 56.4 Å². The van der Waals surface area contributed by atoms with Crippen LogP contribution in [-0.2, 0) is 0 Å². The van der Waals surface area contributed by atoms with Crippen molar-refractivity contribution in [2.45, 2.75) is 33.1 Å². The molecular formula is C21H16O2S4. The number of fused-ring (bicyclic) bond motifs is 2. The summed E-state index contributed by atoms with van der Waals surface area (Å²) in [4.78, 5) is 26.8. The fourth-order valence-corrected chi connectivity index (χ4v) is 9.00. The molecule has 0 aliphatic heterocycles. The third kappa shape index (κ3) is 2.62. The van der Waals surface area contributed by atoms with Crippen LogP contribution in [0.3, 0.4) is 0 Å². The van der Waals surface area contributed by atoms with Crippen molar-refractivity contribution < 1.29 is 9.59 Å². The molecule has 0 fully saturated rings. The average Bonchev–Trinajstić information content (AvgIpc) is 3.41. The van der Waals surface area contributed by atoms with E-state index >= 15 is 0 Å². The predicted octanol–water partition coefficient (Wildman–Crippen LogP) is 7.58. The van der Waals surface area contributed by atoms with Crippen molar-refractivity contribution in [1.82, 2.24) is 0 Å². The van der Waals surface area contributed by atoms with Crippen LogP contribution < -0.4 is 0 Å². The molecule has 0 aromatic carbocycles. The van der Waals surface area contributed by atoms with Crippen LogP contribution >= 0.6 is 45.3 Å². The van der Waals surface area contributed by atoms with Gasteiger partial charge < -0.3 is 0 Å². The number of hydrogen-bond acceptors (Lipinski definition) is 6. The van der Waals surface area contributed by atoms with Gasteiger partial charge in [-0.3, -0.25) is 9.59 Å². The van der Waals surface area contributed by atoms with Gasteiger partial charge in [-0.25, -0.2) is 0 Å². The quantitative estimate of drug-likeness (QED) is 0.314. The van der Waals surface area contributed by atoms with Crippen molar-refractivity contribution in [2.75, 3.05) is 0 Å². The van der Waals surface area contributed by atoms with E-state index in [4.69, 9.17) is 0 Å². The molecular weight excluding hydrogens is 412 g/mol. The van der Waals surface area contributed by atoms with Crippen LogP contribution in [0.4, 0.5) is 0 Å². The number of rotatable bonds is 4. The lowest BCUT2D eigenvalue weighted by Crippen LogP contribution is -1.87. The monoisotopic (exact) mass is 428 g/mol. The highest BCUT2D eigenvalue weighted by Gasteiger charge is 2.27. The summed E-state index contributed by atoms with van der Waals surface area (Å²) in [7, 11) is 0. The Bertz CT molecular complexity index is 1160. The minimum atomic E-state index is 0.806. The predicted molar refractivity (Wildman–Crippen MR) is 120 cm³/mol. The highest BCUT2D eigenvalue weighted by atomic mass is 32.1. The molecule has 0 N–H and O–H groups in total. The molecule has 0 spiro atoms. The molecule has 1 aliphatic carbocycles. The first-order valence-corrected chi connectivity index (χ1v) is 12.1. The Kier molecular flexibility index (Phi) is 4.20. The maximum atomic E-state index is 11.2. The second-order valence-corrected chi connectivity index (χ2v) is 11.5. The fraction of sp³-hybridized carbons (Fsp3) is 0.238. The van der Waals surface area contributed by atoms with Crippen LogP contribution in [0.2, 0.25) is 0 Å². The zero-order valence-corrected chi connectivity index (χ0v) is 18.1. The number of aryl methyl sites for hydroxylation is 2. The van der Waals surface area contributed by atoms with E-state index in [0.717, 1.165) is 41.6 Å². The molecule has 136 valence electrons. The summed E-state index contributed by atoms with van der Waals surface area (Å²) >= 11 is 6.81. The van der Waals surface area contributed by atoms with Gasteiger partial charge in [-0.15, -0.1) is 45.3 Å². The number of carbonyl (C=O) groups excluding carboxylic acids is 2. The van der Waals surface area contributed by atoms with E-state index in [1.54, 1.807) is 45.3 Å². The lowest BCUT2D eigenvalue weighted by atomic mass is 9.97. The van der Waals surface area contributed by atoms with Gasteiger partial charge in [0.05, 0.1) is 19.2 Å². The molecule has 6 heteroatoms. The Labute approximate surface area is 172 Å². The summed E-state index contributed by atoms with van der Waals surface area (Å²) in [5, 5.41) is 0. The first-order valence-electron chi connectivity index (χ1n) is 8.79. The number of allylic oxidation sites excluding steroid dienone is 2. The summed E-state index contributed by atoms with van der Waals surface area (Å²) in [6.07, 6.45) is 5.24. The molecule has 4 aromatic rings. The first-order chi connectivity index (χ1) is 13.1. The number of carbonyl (C=O) groups is 2. The molecule has 0 saturated heterocycles. The smallest absolute Gasteiger partial charge is 0.160 e. The van der Waals surface area contributed by atoms with E-state index in [2.05, 4.69) is 13.8 Å². The van der Waals surface area contributed by atoms with Crippen LogP contribution in [0, 0.1) is 13.8 Å². The molecule has 2 nitrogen and oxygen atoms in total. The van der Waals surface area contributed by atoms with Crippen LogP contribution in [0.1, 0.15) is 59.5 Å². The lowest BCUT2D eigenvalue weighted by molar-refractivity contribution is 0.111. The fourth-order valence-electron chi connectivity index (χ4n) is 4.15. The van der Waals surface area contributed by atoms with Gasteiger partial charge in [0.25, 0.3) is 0 Å². The zero-order valence-electron chi connectivity index (χ0n) is 14.9. The summed E-state index contributed by atoms with van der Waals surface area (Å²) in [5.41, 5.74) is 5.60. The van der Waals surface area contributed by atoms with Gasteiger partial charge in [0.2, 0.25) is 0 Å². The summed E-state index contributed by atoms with van der Waals surface area (Å²) in [5.74, 6) is 0. The first kappa shape index (κ1) is 17.5. The minimum absolute atomic E-state index is 0.806. The molecule has 0 atom stereocenters. The van der Waals surface area contributed by atoms with Crippen LogP contribution in [0.25, 0.3) is 29.9 Å². The third-order valence-electron chi connectivity index (χ3n) is 5.17. The van der Waals surface area contributed by atoms with Crippen molar-refractivity contribution in [3.8, 4) is 0 Å². The van der Waals surface area contributed by atoms with E-state index in [-0.39, 0.29) is 0 Å². The minimum Gasteiger partial charge on any atom is -0.297 e. The van der Waals surface area contributed by atoms with Crippen molar-refractivity contribution in [3.63, 3.8) is 0 Å². The lowest BCUT2D eigenvalue weighted by Gasteiger charge is -2.09. The number of hydrogen-bond donors (Lipinski definition) is 0. The van der Waals surface area contributed by atoms with Crippen LogP contribution in [0.5, 0.6) is 0 Å². The van der Waals surface area contributed by atoms with E-state index in [1.807, 2.05) is 12.1 Å². The molecule has 0 saturated carbocycles. The van der Waals surface area contributed by atoms with Crippen molar-refractivity contribution >= 4 is 87.9 Å². The highest BCUT2D eigenvalue weighted by molar-refractivity contribution is 7.29. The molecule has 0 unspecified atom stereocenters. The molecule has 0 radical (unpaired) electrons. The van der Waals surface area contributed by atoms with Gasteiger partial charge in [0.1, 0.15) is 0 Å². The average molecular weight is 429 g/mol. The van der Waals surface area contributed by atoms with E-state index < -0.39 is 0 Å². The zero-order chi connectivity index (χ0) is 18.7. The van der Waals surface area contributed by atoms with Crippen molar-refractivity contribution in [1.29, 1.82) is 0 Å². The van der Waals surface area contributed by atoms with Gasteiger partial charge in [-0.2, -0.15) is 0 Å². The molecule has 4 aromatic heterocycles. The second kappa shape index (κ2) is 6.48. The van der Waals surface area contributed by atoms with E-state index in [9.17, 15) is 9.59 Å². The van der Waals surface area contributed by atoms with E-state index in [1.165, 1.54) is 50.8 Å². The largest absolute Gasteiger partial charge is 0.297 e. The number of thiophene rings is 4. The van der Waals surface area contributed by atoms with Gasteiger partial charge in [-0.1, -0.05) is 0 Å². The topological polar surface area (TPSA) is 34.1 Å². The summed E-state index contributed by atoms with van der Waals surface area (Å²) in [6.45, 7) is 4.39. The SMILES string of the molecule is Cc1sc2cc(C=O)sc2c1C1=C(c2c(C)sc3cc(C=O)sc23)CCC1. The van der Waals surface area contributed by atoms with Gasteiger partial charge >= 0.3 is 0 Å². The molecule has 27 heavy (non-hydrogen) atoms. The second-order valence-electron chi connectivity index (χ2n) is 6.80. The van der Waals surface area contributed by atoms with Crippen LogP contribution in [0.15, 0.2) is 12.1 Å².